The van der Waals surface area contributed by atoms with Crippen LogP contribution in [0.15, 0.2) is 42.5 Å². The van der Waals surface area contributed by atoms with E-state index in [-0.39, 0.29) is 11.6 Å². The fourth-order valence-electron chi connectivity index (χ4n) is 6.09. The first-order valence-corrected chi connectivity index (χ1v) is 12.8. The van der Waals surface area contributed by atoms with Gasteiger partial charge in [-0.2, -0.15) is 0 Å². The molecule has 4 heterocycles. The van der Waals surface area contributed by atoms with E-state index in [1.165, 1.54) is 19.2 Å². The van der Waals surface area contributed by atoms with Crippen molar-refractivity contribution in [2.45, 2.75) is 6.42 Å². The van der Waals surface area contributed by atoms with E-state index in [1.54, 1.807) is 12.1 Å². The highest BCUT2D eigenvalue weighted by Gasteiger charge is 2.37. The van der Waals surface area contributed by atoms with Gasteiger partial charge in [0.1, 0.15) is 0 Å². The van der Waals surface area contributed by atoms with Gasteiger partial charge in [-0.1, -0.05) is 12.1 Å². The van der Waals surface area contributed by atoms with Crippen molar-refractivity contribution < 1.29 is 9.13 Å². The topological polar surface area (TPSA) is 43.9 Å². The Kier molecular flexibility index (Phi) is 5.98. The van der Waals surface area contributed by atoms with Gasteiger partial charge >= 0.3 is 0 Å². The number of rotatable bonds is 4. The largest absolute Gasteiger partial charge is 0.494 e. The SMILES string of the molecule is COc1cc2nc(-c3ccc(N4CCNCC4)cc3)cc(N3CC4CCN(C)CC4C3)c2cc1F. The molecule has 0 saturated carbocycles. The van der Waals surface area contributed by atoms with Crippen molar-refractivity contribution in [1.29, 1.82) is 0 Å². The zero-order chi connectivity index (χ0) is 23.9. The van der Waals surface area contributed by atoms with Gasteiger partial charge in [-0.15, -0.1) is 0 Å². The molecule has 0 aliphatic carbocycles. The molecule has 184 valence electrons. The van der Waals surface area contributed by atoms with Crippen molar-refractivity contribution in [2.24, 2.45) is 11.8 Å². The van der Waals surface area contributed by atoms with E-state index in [0.29, 0.717) is 11.8 Å². The molecule has 2 aromatic carbocycles. The molecule has 3 aromatic rings. The Morgan fingerprint density at radius 3 is 2.49 bits per heavy atom. The molecule has 3 aliphatic heterocycles. The third kappa shape index (κ3) is 4.32. The Morgan fingerprint density at radius 1 is 0.943 bits per heavy atom. The Morgan fingerprint density at radius 2 is 1.71 bits per heavy atom. The Labute approximate surface area is 206 Å². The maximum atomic E-state index is 14.8. The second-order valence-electron chi connectivity index (χ2n) is 10.3. The van der Waals surface area contributed by atoms with E-state index in [4.69, 9.17) is 9.72 Å². The number of hydrogen-bond donors (Lipinski definition) is 1. The number of methoxy groups -OCH3 is 1. The molecule has 0 radical (unpaired) electrons. The number of piperidine rings is 1. The van der Waals surface area contributed by atoms with Crippen LogP contribution in [0.3, 0.4) is 0 Å². The Balaban J connectivity index is 1.39. The zero-order valence-corrected chi connectivity index (χ0v) is 20.6. The molecule has 2 atom stereocenters. The average Bonchev–Trinajstić information content (AvgIpc) is 3.31. The first kappa shape index (κ1) is 22.6. The van der Waals surface area contributed by atoms with Crippen LogP contribution < -0.4 is 19.9 Å². The molecule has 7 heteroatoms. The molecular weight excluding hydrogens is 441 g/mol. The van der Waals surface area contributed by atoms with Crippen molar-refractivity contribution in [1.82, 2.24) is 15.2 Å². The van der Waals surface area contributed by atoms with Gasteiger partial charge in [0.25, 0.3) is 0 Å². The summed E-state index contributed by atoms with van der Waals surface area (Å²) >= 11 is 0. The fourth-order valence-corrected chi connectivity index (χ4v) is 6.09. The number of ether oxygens (including phenoxy) is 1. The molecule has 6 rings (SSSR count). The van der Waals surface area contributed by atoms with Crippen molar-refractivity contribution in [3.8, 4) is 17.0 Å². The minimum Gasteiger partial charge on any atom is -0.494 e. The van der Waals surface area contributed by atoms with Gasteiger partial charge in [-0.3, -0.25) is 0 Å². The van der Waals surface area contributed by atoms with E-state index >= 15 is 0 Å². The third-order valence-electron chi connectivity index (χ3n) is 8.05. The maximum absolute atomic E-state index is 14.8. The van der Waals surface area contributed by atoms with Crippen LogP contribution in [-0.2, 0) is 0 Å². The molecule has 2 unspecified atom stereocenters. The van der Waals surface area contributed by atoms with Crippen LogP contribution in [-0.4, -0.2) is 76.4 Å². The van der Waals surface area contributed by atoms with E-state index in [9.17, 15) is 4.39 Å². The van der Waals surface area contributed by atoms with E-state index in [2.05, 4.69) is 57.4 Å². The van der Waals surface area contributed by atoms with Crippen LogP contribution in [0.4, 0.5) is 15.8 Å². The van der Waals surface area contributed by atoms with E-state index in [1.807, 2.05) is 0 Å². The number of nitrogens with zero attached hydrogens (tertiary/aromatic N) is 4. The van der Waals surface area contributed by atoms with Crippen LogP contribution in [0.5, 0.6) is 5.75 Å². The second-order valence-corrected chi connectivity index (χ2v) is 10.3. The standard InChI is InChI=1S/C28H34FN5O/c1-32-10-7-20-17-34(18-21(20)16-32)27-14-25(31-26-15-28(35-2)24(29)13-23(26)27)19-3-5-22(6-4-19)33-11-8-30-9-12-33/h3-6,13-15,20-21,30H,7-12,16-18H2,1-2H3. The zero-order valence-electron chi connectivity index (χ0n) is 20.6. The molecule has 0 amide bonds. The summed E-state index contributed by atoms with van der Waals surface area (Å²) in [5, 5.41) is 4.27. The highest BCUT2D eigenvalue weighted by molar-refractivity contribution is 5.95. The molecule has 1 aromatic heterocycles. The number of benzene rings is 2. The summed E-state index contributed by atoms with van der Waals surface area (Å²) in [4.78, 5) is 12.3. The lowest BCUT2D eigenvalue weighted by Gasteiger charge is -2.31. The van der Waals surface area contributed by atoms with Crippen molar-refractivity contribution in [3.05, 3.63) is 48.3 Å². The summed E-state index contributed by atoms with van der Waals surface area (Å²) in [5.74, 6) is 1.24. The smallest absolute Gasteiger partial charge is 0.165 e. The molecule has 1 N–H and O–H groups in total. The summed E-state index contributed by atoms with van der Waals surface area (Å²) < 4.78 is 20.1. The van der Waals surface area contributed by atoms with Gasteiger partial charge in [-0.05, 0) is 56.1 Å². The van der Waals surface area contributed by atoms with Gasteiger partial charge in [0.05, 0.1) is 18.3 Å². The normalized spacial score (nSPS) is 23.1. The van der Waals surface area contributed by atoms with Gasteiger partial charge in [0.2, 0.25) is 0 Å². The molecule has 0 bridgehead atoms. The van der Waals surface area contributed by atoms with E-state index in [0.717, 1.165) is 80.2 Å². The van der Waals surface area contributed by atoms with Crippen LogP contribution in [0.2, 0.25) is 0 Å². The number of anilines is 2. The minimum absolute atomic E-state index is 0.235. The van der Waals surface area contributed by atoms with Crippen molar-refractivity contribution in [3.63, 3.8) is 0 Å². The molecular formula is C28H34FN5O. The Hall–Kier alpha value is -2.90. The number of halogens is 1. The average molecular weight is 476 g/mol. The summed E-state index contributed by atoms with van der Waals surface area (Å²) in [6, 6.07) is 14.2. The predicted octanol–water partition coefficient (Wildman–Crippen LogP) is 3.85. The molecule has 35 heavy (non-hydrogen) atoms. The fraction of sp³-hybridized carbons (Fsp3) is 0.464. The van der Waals surface area contributed by atoms with Gasteiger partial charge < -0.3 is 24.8 Å². The van der Waals surface area contributed by atoms with E-state index < -0.39 is 0 Å². The molecule has 6 nitrogen and oxygen atoms in total. The van der Waals surface area contributed by atoms with Crippen LogP contribution in [0, 0.1) is 17.7 Å². The summed E-state index contributed by atoms with van der Waals surface area (Å²) in [7, 11) is 3.72. The summed E-state index contributed by atoms with van der Waals surface area (Å²) in [6.07, 6.45) is 1.23. The monoisotopic (exact) mass is 475 g/mol. The highest BCUT2D eigenvalue weighted by atomic mass is 19.1. The lowest BCUT2D eigenvalue weighted by molar-refractivity contribution is 0.178. The number of nitrogens with one attached hydrogen (secondary N) is 1. The minimum atomic E-state index is -0.340. The highest BCUT2D eigenvalue weighted by Crippen LogP contribution is 2.39. The number of hydrogen-bond acceptors (Lipinski definition) is 6. The number of pyridine rings is 1. The first-order chi connectivity index (χ1) is 17.1. The van der Waals surface area contributed by atoms with Gasteiger partial charge in [0, 0.05) is 74.2 Å². The lowest BCUT2D eigenvalue weighted by Crippen LogP contribution is -2.43. The van der Waals surface area contributed by atoms with Crippen LogP contribution in [0.1, 0.15) is 6.42 Å². The first-order valence-electron chi connectivity index (χ1n) is 12.8. The number of aromatic nitrogens is 1. The van der Waals surface area contributed by atoms with Gasteiger partial charge in [0.15, 0.2) is 11.6 Å². The number of fused-ring (bicyclic) bond motifs is 2. The van der Waals surface area contributed by atoms with Crippen molar-refractivity contribution >= 4 is 22.3 Å². The molecule has 3 fully saturated rings. The quantitative estimate of drug-likeness (QED) is 0.619. The molecule has 3 saturated heterocycles. The Bertz CT molecular complexity index is 1210. The summed E-state index contributed by atoms with van der Waals surface area (Å²) in [5.41, 5.74) is 5.09. The molecule has 3 aliphatic rings. The van der Waals surface area contributed by atoms with Crippen LogP contribution in [0.25, 0.3) is 22.2 Å². The van der Waals surface area contributed by atoms with Gasteiger partial charge in [-0.25, -0.2) is 9.37 Å². The second kappa shape index (κ2) is 9.28. The lowest BCUT2D eigenvalue weighted by atomic mass is 9.89. The maximum Gasteiger partial charge on any atom is 0.165 e. The third-order valence-corrected chi connectivity index (χ3v) is 8.05. The molecule has 0 spiro atoms. The number of likely N-dealkylation sites (tertiary alicyclic amines) is 1. The summed E-state index contributed by atoms with van der Waals surface area (Å²) in [6.45, 7) is 8.39. The van der Waals surface area contributed by atoms with Crippen molar-refractivity contribution in [2.75, 3.05) is 76.3 Å². The predicted molar refractivity (Wildman–Crippen MR) is 140 cm³/mol. The number of piperazine rings is 1. The van der Waals surface area contributed by atoms with Crippen LogP contribution >= 0.6 is 0 Å².